The van der Waals surface area contributed by atoms with E-state index in [0.717, 1.165) is 25.1 Å². The maximum Gasteiger partial charge on any atom is 0.188 e. The number of aliphatic imine (C=N–C) groups is 1. The maximum atomic E-state index is 5.89. The predicted octanol–water partition coefficient (Wildman–Crippen LogP) is 2.09. The van der Waals surface area contributed by atoms with Crippen molar-refractivity contribution in [3.05, 3.63) is 59.4 Å². The van der Waals surface area contributed by atoms with Crippen LogP contribution >= 0.6 is 0 Å². The van der Waals surface area contributed by atoms with Crippen molar-refractivity contribution in [1.82, 2.24) is 10.3 Å². The summed E-state index contributed by atoms with van der Waals surface area (Å²) in [6.07, 6.45) is 5.44. The van der Waals surface area contributed by atoms with Crippen LogP contribution in [-0.4, -0.2) is 31.1 Å². The number of benzene rings is 1. The van der Waals surface area contributed by atoms with Crippen molar-refractivity contribution in [1.29, 1.82) is 0 Å². The number of nitrogens with one attached hydrogen (secondary N) is 1. The third kappa shape index (κ3) is 5.62. The standard InChI is InChI=1S/C18H24N4O/c1-14-13-20-10-8-16(14)9-12-22-18(19)21-11-7-15-3-5-17(23-2)6-4-15/h3-6,8,10,13H,7,9,11-12H2,1-2H3,(H3,19,21,22). The first-order chi connectivity index (χ1) is 11.2. The van der Waals surface area contributed by atoms with Crippen molar-refractivity contribution in [2.75, 3.05) is 20.2 Å². The van der Waals surface area contributed by atoms with Crippen LogP contribution in [0.2, 0.25) is 0 Å². The summed E-state index contributed by atoms with van der Waals surface area (Å²) < 4.78 is 5.14. The lowest BCUT2D eigenvalue weighted by Gasteiger charge is -2.07. The van der Waals surface area contributed by atoms with Gasteiger partial charge in [-0.15, -0.1) is 0 Å². The van der Waals surface area contributed by atoms with Gasteiger partial charge in [0.1, 0.15) is 5.75 Å². The summed E-state index contributed by atoms with van der Waals surface area (Å²) in [5, 5.41) is 3.14. The highest BCUT2D eigenvalue weighted by atomic mass is 16.5. The van der Waals surface area contributed by atoms with E-state index < -0.39 is 0 Å². The molecule has 2 rings (SSSR count). The fourth-order valence-electron chi connectivity index (χ4n) is 2.26. The largest absolute Gasteiger partial charge is 0.497 e. The van der Waals surface area contributed by atoms with E-state index >= 15 is 0 Å². The normalized spacial score (nSPS) is 11.3. The highest BCUT2D eigenvalue weighted by molar-refractivity contribution is 5.77. The fraction of sp³-hybridized carbons (Fsp3) is 0.333. The molecule has 1 aromatic carbocycles. The van der Waals surface area contributed by atoms with Crippen LogP contribution < -0.4 is 15.8 Å². The summed E-state index contributed by atoms with van der Waals surface area (Å²) in [5.74, 6) is 1.36. The monoisotopic (exact) mass is 312 g/mol. The lowest BCUT2D eigenvalue weighted by molar-refractivity contribution is 0.414. The van der Waals surface area contributed by atoms with Gasteiger partial charge in [-0.25, -0.2) is 0 Å². The van der Waals surface area contributed by atoms with E-state index in [4.69, 9.17) is 10.5 Å². The molecular weight excluding hydrogens is 288 g/mol. The number of hydrogen-bond acceptors (Lipinski definition) is 3. The molecule has 0 aliphatic carbocycles. The molecule has 0 fully saturated rings. The molecule has 0 bridgehead atoms. The zero-order valence-electron chi connectivity index (χ0n) is 13.7. The highest BCUT2D eigenvalue weighted by Crippen LogP contribution is 2.11. The molecule has 23 heavy (non-hydrogen) atoms. The van der Waals surface area contributed by atoms with Crippen LogP contribution in [0.1, 0.15) is 16.7 Å². The molecule has 2 aromatic rings. The summed E-state index contributed by atoms with van der Waals surface area (Å²) >= 11 is 0. The minimum atomic E-state index is 0.491. The fourth-order valence-corrected chi connectivity index (χ4v) is 2.26. The molecule has 0 amide bonds. The molecule has 0 unspecified atom stereocenters. The molecule has 0 saturated carbocycles. The molecule has 1 heterocycles. The van der Waals surface area contributed by atoms with Gasteiger partial charge in [0.05, 0.1) is 7.11 Å². The maximum absolute atomic E-state index is 5.89. The Kier molecular flexibility index (Phi) is 6.41. The number of aryl methyl sites for hydroxylation is 1. The summed E-state index contributed by atoms with van der Waals surface area (Å²) in [4.78, 5) is 8.45. The van der Waals surface area contributed by atoms with Crippen molar-refractivity contribution in [3.63, 3.8) is 0 Å². The Balaban J connectivity index is 1.71. The SMILES string of the molecule is COc1ccc(CCNC(N)=NCCc2ccncc2C)cc1. The number of methoxy groups -OCH3 is 1. The molecule has 0 radical (unpaired) electrons. The molecule has 3 N–H and O–H groups in total. The van der Waals surface area contributed by atoms with Gasteiger partial charge >= 0.3 is 0 Å². The van der Waals surface area contributed by atoms with Gasteiger partial charge in [0.25, 0.3) is 0 Å². The quantitative estimate of drug-likeness (QED) is 0.606. The molecule has 0 aliphatic heterocycles. The predicted molar refractivity (Wildman–Crippen MR) is 93.9 cm³/mol. The summed E-state index contributed by atoms with van der Waals surface area (Å²) in [6, 6.07) is 10.1. The second-order valence-electron chi connectivity index (χ2n) is 5.34. The van der Waals surface area contributed by atoms with Gasteiger partial charge in [-0.1, -0.05) is 12.1 Å². The summed E-state index contributed by atoms with van der Waals surface area (Å²) in [5.41, 5.74) is 9.57. The lowest BCUT2D eigenvalue weighted by Crippen LogP contribution is -2.33. The van der Waals surface area contributed by atoms with E-state index in [2.05, 4.69) is 34.3 Å². The van der Waals surface area contributed by atoms with Gasteiger partial charge in [0, 0.05) is 25.5 Å². The molecular formula is C18H24N4O. The smallest absolute Gasteiger partial charge is 0.188 e. The first kappa shape index (κ1) is 16.8. The highest BCUT2D eigenvalue weighted by Gasteiger charge is 1.98. The minimum Gasteiger partial charge on any atom is -0.497 e. The van der Waals surface area contributed by atoms with Crippen LogP contribution in [0.15, 0.2) is 47.7 Å². The van der Waals surface area contributed by atoms with Crippen LogP contribution in [-0.2, 0) is 12.8 Å². The Labute approximate surface area is 137 Å². The van der Waals surface area contributed by atoms with E-state index in [9.17, 15) is 0 Å². The molecule has 122 valence electrons. The van der Waals surface area contributed by atoms with Crippen molar-refractivity contribution in [2.24, 2.45) is 10.7 Å². The van der Waals surface area contributed by atoms with Gasteiger partial charge in [0.15, 0.2) is 5.96 Å². The Morgan fingerprint density at radius 1 is 1.22 bits per heavy atom. The van der Waals surface area contributed by atoms with E-state index in [1.165, 1.54) is 16.7 Å². The van der Waals surface area contributed by atoms with E-state index in [1.807, 2.05) is 30.6 Å². The van der Waals surface area contributed by atoms with Gasteiger partial charge in [0.2, 0.25) is 0 Å². The minimum absolute atomic E-state index is 0.491. The number of hydrogen-bond donors (Lipinski definition) is 2. The van der Waals surface area contributed by atoms with Crippen LogP contribution in [0, 0.1) is 6.92 Å². The average Bonchev–Trinajstić information content (AvgIpc) is 2.57. The number of nitrogens with zero attached hydrogens (tertiary/aromatic N) is 2. The molecule has 1 aromatic heterocycles. The van der Waals surface area contributed by atoms with Crippen molar-refractivity contribution in [3.8, 4) is 5.75 Å². The van der Waals surface area contributed by atoms with E-state index in [0.29, 0.717) is 12.5 Å². The summed E-state index contributed by atoms with van der Waals surface area (Å²) in [7, 11) is 1.67. The Morgan fingerprint density at radius 2 is 2.00 bits per heavy atom. The first-order valence-electron chi connectivity index (χ1n) is 7.75. The van der Waals surface area contributed by atoms with Crippen molar-refractivity contribution in [2.45, 2.75) is 19.8 Å². The van der Waals surface area contributed by atoms with Crippen LogP contribution in [0.4, 0.5) is 0 Å². The second kappa shape index (κ2) is 8.78. The number of rotatable bonds is 7. The number of aromatic nitrogens is 1. The topological polar surface area (TPSA) is 72.5 Å². The third-order valence-electron chi connectivity index (χ3n) is 3.68. The third-order valence-corrected chi connectivity index (χ3v) is 3.68. The van der Waals surface area contributed by atoms with Gasteiger partial charge in [-0.3, -0.25) is 9.98 Å². The number of guanidine groups is 1. The van der Waals surface area contributed by atoms with Gasteiger partial charge < -0.3 is 15.8 Å². The van der Waals surface area contributed by atoms with Crippen LogP contribution in [0.25, 0.3) is 0 Å². The number of nitrogens with two attached hydrogens (primary N) is 1. The van der Waals surface area contributed by atoms with Crippen LogP contribution in [0.5, 0.6) is 5.75 Å². The average molecular weight is 312 g/mol. The molecule has 0 spiro atoms. The Hall–Kier alpha value is -2.56. The summed E-state index contributed by atoms with van der Waals surface area (Å²) in [6.45, 7) is 3.49. The van der Waals surface area contributed by atoms with Gasteiger partial charge in [-0.2, -0.15) is 0 Å². The molecule has 0 saturated heterocycles. The Morgan fingerprint density at radius 3 is 2.70 bits per heavy atom. The molecule has 0 aliphatic rings. The van der Waals surface area contributed by atoms with Crippen molar-refractivity contribution < 1.29 is 4.74 Å². The zero-order chi connectivity index (χ0) is 16.5. The Bertz CT molecular complexity index is 638. The molecule has 0 atom stereocenters. The molecule has 5 heteroatoms. The number of ether oxygens (including phenoxy) is 1. The van der Waals surface area contributed by atoms with Gasteiger partial charge in [-0.05, 0) is 54.7 Å². The number of pyridine rings is 1. The van der Waals surface area contributed by atoms with Crippen molar-refractivity contribution >= 4 is 5.96 Å². The zero-order valence-corrected chi connectivity index (χ0v) is 13.7. The van der Waals surface area contributed by atoms with Crippen LogP contribution in [0.3, 0.4) is 0 Å². The lowest BCUT2D eigenvalue weighted by atomic mass is 10.1. The molecule has 5 nitrogen and oxygen atoms in total. The van der Waals surface area contributed by atoms with E-state index in [-0.39, 0.29) is 0 Å². The second-order valence-corrected chi connectivity index (χ2v) is 5.34. The first-order valence-corrected chi connectivity index (χ1v) is 7.75. The van der Waals surface area contributed by atoms with E-state index in [1.54, 1.807) is 7.11 Å².